The van der Waals surface area contributed by atoms with Gasteiger partial charge in [-0.3, -0.25) is 0 Å². The van der Waals surface area contributed by atoms with E-state index in [0.29, 0.717) is 0 Å². The van der Waals surface area contributed by atoms with Gasteiger partial charge in [-0.2, -0.15) is 0 Å². The number of ether oxygens (including phenoxy) is 1. The number of carbonyl (C=O) groups is 1. The second kappa shape index (κ2) is 6.21. The molecule has 0 saturated heterocycles. The van der Waals surface area contributed by atoms with Crippen molar-refractivity contribution in [3.63, 3.8) is 0 Å². The van der Waals surface area contributed by atoms with E-state index < -0.39 is 24.0 Å². The van der Waals surface area contributed by atoms with E-state index in [9.17, 15) is 17.7 Å². The van der Waals surface area contributed by atoms with E-state index in [-0.39, 0.29) is 56.9 Å². The van der Waals surface area contributed by atoms with Crippen molar-refractivity contribution in [2.45, 2.75) is 6.92 Å². The van der Waals surface area contributed by atoms with Crippen LogP contribution in [0.1, 0.15) is 15.9 Å². The third kappa shape index (κ3) is 3.59. The molecule has 0 bridgehead atoms. The number of rotatable bonds is 2. The Hall–Kier alpha value is 0.181. The molecule has 82 valence electrons. The summed E-state index contributed by atoms with van der Waals surface area (Å²) >= 11 is 0. The molecular formula is C9H9BF3KO2. The van der Waals surface area contributed by atoms with Gasteiger partial charge in [0.05, 0.1) is 7.11 Å². The number of methoxy groups -OCH3 is 1. The van der Waals surface area contributed by atoms with Crippen LogP contribution in [-0.4, -0.2) is 20.1 Å². The number of esters is 1. The molecule has 0 saturated carbocycles. The van der Waals surface area contributed by atoms with E-state index in [0.717, 1.165) is 13.2 Å². The third-order valence-corrected chi connectivity index (χ3v) is 2.06. The summed E-state index contributed by atoms with van der Waals surface area (Å²) < 4.78 is 42.3. The number of benzene rings is 1. The Morgan fingerprint density at radius 1 is 1.31 bits per heavy atom. The molecule has 7 heteroatoms. The Morgan fingerprint density at radius 3 is 2.31 bits per heavy atom. The molecule has 0 aliphatic heterocycles. The van der Waals surface area contributed by atoms with Gasteiger partial charge in [0.1, 0.15) is 0 Å². The van der Waals surface area contributed by atoms with E-state index in [2.05, 4.69) is 4.74 Å². The maximum absolute atomic E-state index is 12.7. The quantitative estimate of drug-likeness (QED) is 0.493. The molecule has 0 amide bonds. The molecule has 1 rings (SSSR count). The second-order valence-electron chi connectivity index (χ2n) is 3.10. The molecule has 0 radical (unpaired) electrons. The minimum atomic E-state index is -5.20. The van der Waals surface area contributed by atoms with Gasteiger partial charge in [-0.05, 0) is 6.92 Å². The van der Waals surface area contributed by atoms with Crippen LogP contribution in [0.15, 0.2) is 18.2 Å². The number of aryl methyl sites for hydroxylation is 1. The topological polar surface area (TPSA) is 26.3 Å². The fourth-order valence-electron chi connectivity index (χ4n) is 1.40. The normalized spacial score (nSPS) is 10.6. The van der Waals surface area contributed by atoms with Crippen LogP contribution in [0.5, 0.6) is 0 Å². The summed E-state index contributed by atoms with van der Waals surface area (Å²) in [5.41, 5.74) is -1.26. The van der Waals surface area contributed by atoms with Gasteiger partial charge in [0.15, 0.2) is 0 Å². The second-order valence-corrected chi connectivity index (χ2v) is 3.10. The van der Waals surface area contributed by atoms with Crippen LogP contribution in [-0.2, 0) is 4.74 Å². The Bertz CT molecular complexity index is 393. The Balaban J connectivity index is 0.00000225. The third-order valence-electron chi connectivity index (χ3n) is 2.06. The Labute approximate surface area is 134 Å². The zero-order chi connectivity index (χ0) is 11.6. The predicted octanol–water partition coefficient (Wildman–Crippen LogP) is -1.16. The van der Waals surface area contributed by atoms with Gasteiger partial charge >= 0.3 is 64.3 Å². The molecule has 0 spiro atoms. The zero-order valence-electron chi connectivity index (χ0n) is 9.26. The van der Waals surface area contributed by atoms with Gasteiger partial charge in [-0.1, -0.05) is 29.2 Å². The molecule has 0 fully saturated rings. The first-order valence-electron chi connectivity index (χ1n) is 4.25. The van der Waals surface area contributed by atoms with Crippen LogP contribution < -0.4 is 56.8 Å². The molecule has 1 aromatic carbocycles. The van der Waals surface area contributed by atoms with Crippen molar-refractivity contribution < 1.29 is 73.9 Å². The van der Waals surface area contributed by atoms with Gasteiger partial charge in [-0.25, -0.2) is 4.79 Å². The largest absolute Gasteiger partial charge is 1.00 e. The Kier molecular flexibility index (Phi) is 6.28. The van der Waals surface area contributed by atoms with E-state index >= 15 is 0 Å². The number of halogens is 3. The molecule has 1 aromatic rings. The fourth-order valence-corrected chi connectivity index (χ4v) is 1.40. The van der Waals surface area contributed by atoms with Crippen LogP contribution in [0, 0.1) is 6.92 Å². The van der Waals surface area contributed by atoms with Crippen LogP contribution in [0.25, 0.3) is 0 Å². The van der Waals surface area contributed by atoms with Gasteiger partial charge in [-0.15, -0.1) is 0 Å². The summed E-state index contributed by atoms with van der Waals surface area (Å²) in [7, 11) is 1.05. The van der Waals surface area contributed by atoms with E-state index in [1.807, 2.05) is 0 Å². The molecule has 0 N–H and O–H groups in total. The molecule has 0 atom stereocenters. The summed E-state index contributed by atoms with van der Waals surface area (Å²) in [6.45, 7) is -3.89. The van der Waals surface area contributed by atoms with E-state index in [1.54, 1.807) is 0 Å². The minimum absolute atomic E-state index is 0. The standard InChI is InChI=1S/C9H9BF3O2.K/c1-6-4-3-5-7(9(14)15-2)8(6)10(11,12)13;/h3-5H,1-2H3;/q-1;+1. The molecule has 0 aliphatic rings. The van der Waals surface area contributed by atoms with Crippen LogP contribution >= 0.6 is 0 Å². The van der Waals surface area contributed by atoms with Crippen molar-refractivity contribution in [2.24, 2.45) is 0 Å². The fraction of sp³-hybridized carbons (Fsp3) is 0.222. The van der Waals surface area contributed by atoms with Gasteiger partial charge in [0, 0.05) is 5.56 Å². The van der Waals surface area contributed by atoms with Crippen molar-refractivity contribution in [1.82, 2.24) is 0 Å². The van der Waals surface area contributed by atoms with E-state index in [1.165, 1.54) is 19.1 Å². The first-order valence-corrected chi connectivity index (χ1v) is 4.25. The minimum Gasteiger partial charge on any atom is -0.465 e. The summed E-state index contributed by atoms with van der Waals surface area (Å²) in [5, 5.41) is 0. The number of carbonyl (C=O) groups excluding carboxylic acids is 1. The SMILES string of the molecule is COC(=O)c1cccc(C)c1[B-](F)(F)F.[K+]. The van der Waals surface area contributed by atoms with Gasteiger partial charge in [0.2, 0.25) is 0 Å². The molecule has 0 heterocycles. The monoisotopic (exact) mass is 256 g/mol. The van der Waals surface area contributed by atoms with Crippen LogP contribution in [0.2, 0.25) is 0 Å². The van der Waals surface area contributed by atoms with Crippen LogP contribution in [0.4, 0.5) is 12.9 Å². The molecule has 0 aliphatic carbocycles. The molecular weight excluding hydrogens is 247 g/mol. The first kappa shape index (κ1) is 16.2. The molecule has 0 aromatic heterocycles. The van der Waals surface area contributed by atoms with Gasteiger partial charge < -0.3 is 17.7 Å². The zero-order valence-corrected chi connectivity index (χ0v) is 12.4. The average molecular weight is 256 g/mol. The predicted molar refractivity (Wildman–Crippen MR) is 51.2 cm³/mol. The molecule has 2 nitrogen and oxygen atoms in total. The summed E-state index contributed by atoms with van der Waals surface area (Å²) in [4.78, 5) is 11.1. The van der Waals surface area contributed by atoms with E-state index in [4.69, 9.17) is 0 Å². The van der Waals surface area contributed by atoms with Gasteiger partial charge in [0.25, 0.3) is 0 Å². The Morgan fingerprint density at radius 2 is 1.88 bits per heavy atom. The van der Waals surface area contributed by atoms with Crippen molar-refractivity contribution in [3.8, 4) is 0 Å². The van der Waals surface area contributed by atoms with Crippen molar-refractivity contribution in [1.29, 1.82) is 0 Å². The average Bonchev–Trinajstić information content (AvgIpc) is 2.14. The number of hydrogen-bond donors (Lipinski definition) is 0. The summed E-state index contributed by atoms with van der Waals surface area (Å²) in [6.07, 6.45) is 0. The smallest absolute Gasteiger partial charge is 0.465 e. The van der Waals surface area contributed by atoms with Crippen molar-refractivity contribution in [3.05, 3.63) is 29.3 Å². The maximum atomic E-state index is 12.7. The first-order chi connectivity index (χ1) is 6.88. The van der Waals surface area contributed by atoms with Crippen LogP contribution in [0.3, 0.4) is 0 Å². The maximum Gasteiger partial charge on any atom is 1.00 e. The summed E-state index contributed by atoms with van der Waals surface area (Å²) in [5.74, 6) is -0.965. The molecule has 0 unspecified atom stereocenters. The molecule has 16 heavy (non-hydrogen) atoms. The van der Waals surface area contributed by atoms with Crippen molar-refractivity contribution in [2.75, 3.05) is 7.11 Å². The van der Waals surface area contributed by atoms with Crippen molar-refractivity contribution >= 4 is 18.4 Å². The number of hydrogen-bond acceptors (Lipinski definition) is 2. The summed E-state index contributed by atoms with van der Waals surface area (Å²) in [6, 6.07) is 3.83.